The number of thiophene rings is 1. The van der Waals surface area contributed by atoms with E-state index in [1.165, 1.54) is 0 Å². The average molecular weight is 581 g/mol. The third-order valence-corrected chi connectivity index (χ3v) is 7.86. The Morgan fingerprint density at radius 2 is 1.90 bits per heavy atom. The van der Waals surface area contributed by atoms with Crippen molar-refractivity contribution in [2.24, 2.45) is 5.92 Å². The highest BCUT2D eigenvalue weighted by atomic mass is 32.1. The average Bonchev–Trinajstić information content (AvgIpc) is 3.68. The van der Waals surface area contributed by atoms with Gasteiger partial charge in [0.2, 0.25) is 0 Å². The van der Waals surface area contributed by atoms with Crippen LogP contribution in [0.15, 0.2) is 86.4 Å². The normalized spacial score (nSPS) is 12.7. The maximum Gasteiger partial charge on any atom is 0.161 e. The Hall–Kier alpha value is -4.56. The fraction of sp³-hybridized carbons (Fsp3) is 0.206. The van der Waals surface area contributed by atoms with E-state index >= 15 is 4.39 Å². The smallest absolute Gasteiger partial charge is 0.161 e. The molecule has 0 aliphatic carbocycles. The monoisotopic (exact) mass is 580 g/mol. The van der Waals surface area contributed by atoms with Crippen molar-refractivity contribution >= 4 is 39.0 Å². The van der Waals surface area contributed by atoms with Gasteiger partial charge in [-0.1, -0.05) is 58.4 Å². The molecule has 0 unspecified atom stereocenters. The SMILES string of the molecule is C=C/C=C(/c1ccc(C(=C)C)s1)c1nc(-c2n[nH]c3cnc(C(/C=C(\C=C)NC(=C)CC(C)C)=C/C)c(F)c23)[nH]c1C. The highest BCUT2D eigenvalue weighted by Crippen LogP contribution is 2.36. The molecule has 0 amide bonds. The quantitative estimate of drug-likeness (QED) is 0.146. The molecule has 0 aliphatic rings. The van der Waals surface area contributed by atoms with E-state index in [0.717, 1.165) is 44.4 Å². The Morgan fingerprint density at radius 1 is 1.17 bits per heavy atom. The van der Waals surface area contributed by atoms with Crippen molar-refractivity contribution in [2.45, 2.75) is 41.0 Å². The molecule has 42 heavy (non-hydrogen) atoms. The van der Waals surface area contributed by atoms with E-state index in [1.807, 2.05) is 45.1 Å². The molecule has 0 aliphatic heterocycles. The Morgan fingerprint density at radius 3 is 2.52 bits per heavy atom. The molecule has 0 atom stereocenters. The molecule has 4 aromatic heterocycles. The van der Waals surface area contributed by atoms with E-state index < -0.39 is 5.82 Å². The fourth-order valence-electron chi connectivity index (χ4n) is 4.64. The maximum atomic E-state index is 16.3. The van der Waals surface area contributed by atoms with Gasteiger partial charge in [0.25, 0.3) is 0 Å². The van der Waals surface area contributed by atoms with E-state index in [4.69, 9.17) is 4.98 Å². The topological polar surface area (TPSA) is 82.3 Å². The number of fused-ring (bicyclic) bond motifs is 1. The first kappa shape index (κ1) is 30.4. The van der Waals surface area contributed by atoms with E-state index in [9.17, 15) is 0 Å². The minimum Gasteiger partial charge on any atom is -0.359 e. The second-order valence-electron chi connectivity index (χ2n) is 10.5. The van der Waals surface area contributed by atoms with Gasteiger partial charge in [0.15, 0.2) is 11.6 Å². The molecule has 4 heterocycles. The summed E-state index contributed by atoms with van der Waals surface area (Å²) < 4.78 is 16.3. The summed E-state index contributed by atoms with van der Waals surface area (Å²) in [5, 5.41) is 10.9. The molecule has 6 nitrogen and oxygen atoms in total. The van der Waals surface area contributed by atoms with Crippen LogP contribution in [0.25, 0.3) is 39.1 Å². The highest BCUT2D eigenvalue weighted by Gasteiger charge is 2.23. The summed E-state index contributed by atoms with van der Waals surface area (Å²) in [5.41, 5.74) is 6.69. The van der Waals surface area contributed by atoms with Gasteiger partial charge in [-0.3, -0.25) is 10.1 Å². The summed E-state index contributed by atoms with van der Waals surface area (Å²) in [6, 6.07) is 4.10. The number of aryl methyl sites for hydroxylation is 1. The third-order valence-electron chi connectivity index (χ3n) is 6.58. The number of nitrogens with one attached hydrogen (secondary N) is 3. The maximum absolute atomic E-state index is 16.3. The van der Waals surface area contributed by atoms with Crippen LogP contribution in [0.3, 0.4) is 0 Å². The van der Waals surface area contributed by atoms with Crippen LogP contribution in [0.1, 0.15) is 61.0 Å². The van der Waals surface area contributed by atoms with Crippen LogP contribution in [-0.4, -0.2) is 25.1 Å². The van der Waals surface area contributed by atoms with Crippen LogP contribution in [-0.2, 0) is 0 Å². The summed E-state index contributed by atoms with van der Waals surface area (Å²) in [4.78, 5) is 14.8. The molecule has 8 heteroatoms. The Labute approximate surface area is 250 Å². The second kappa shape index (κ2) is 13.0. The number of aromatic amines is 2. The Kier molecular flexibility index (Phi) is 9.38. The largest absolute Gasteiger partial charge is 0.359 e. The van der Waals surface area contributed by atoms with Gasteiger partial charge in [-0.05, 0) is 63.0 Å². The highest BCUT2D eigenvalue weighted by molar-refractivity contribution is 7.14. The number of imidazole rings is 1. The summed E-state index contributed by atoms with van der Waals surface area (Å²) in [5.74, 6) is 0.408. The predicted molar refractivity (Wildman–Crippen MR) is 176 cm³/mol. The lowest BCUT2D eigenvalue weighted by Gasteiger charge is -2.13. The molecular formula is C34H37FN6S. The number of H-pyrrole nitrogens is 2. The molecule has 216 valence electrons. The summed E-state index contributed by atoms with van der Waals surface area (Å²) in [6.07, 6.45) is 11.4. The fourth-order valence-corrected chi connectivity index (χ4v) is 5.60. The van der Waals surface area contributed by atoms with Gasteiger partial charge in [0, 0.05) is 38.0 Å². The predicted octanol–water partition coefficient (Wildman–Crippen LogP) is 9.13. The zero-order chi connectivity index (χ0) is 30.6. The lowest BCUT2D eigenvalue weighted by atomic mass is 10.1. The number of aromatic nitrogens is 5. The van der Waals surface area contributed by atoms with E-state index in [1.54, 1.807) is 29.7 Å². The zero-order valence-corrected chi connectivity index (χ0v) is 25.7. The van der Waals surface area contributed by atoms with Gasteiger partial charge in [-0.15, -0.1) is 11.3 Å². The minimum atomic E-state index is -0.494. The van der Waals surface area contributed by atoms with Crippen LogP contribution < -0.4 is 5.32 Å². The van der Waals surface area contributed by atoms with Gasteiger partial charge < -0.3 is 10.3 Å². The zero-order valence-electron chi connectivity index (χ0n) is 24.9. The molecule has 0 saturated carbocycles. The molecule has 0 saturated heterocycles. The number of halogens is 1. The van der Waals surface area contributed by atoms with Gasteiger partial charge in [-0.25, -0.2) is 9.37 Å². The first-order valence-corrected chi connectivity index (χ1v) is 14.5. The molecule has 0 radical (unpaired) electrons. The molecule has 3 N–H and O–H groups in total. The molecule has 4 rings (SSSR count). The van der Waals surface area contributed by atoms with Crippen molar-refractivity contribution in [1.29, 1.82) is 0 Å². The molecule has 4 aromatic rings. The number of nitrogens with zero attached hydrogens (tertiary/aromatic N) is 3. The van der Waals surface area contributed by atoms with Crippen molar-refractivity contribution < 1.29 is 4.39 Å². The number of rotatable bonds is 12. The third kappa shape index (κ3) is 6.34. The van der Waals surface area contributed by atoms with Crippen LogP contribution in [0.5, 0.6) is 0 Å². The lowest BCUT2D eigenvalue weighted by Crippen LogP contribution is -2.12. The summed E-state index contributed by atoms with van der Waals surface area (Å²) in [6.45, 7) is 26.0. The molecule has 0 aromatic carbocycles. The summed E-state index contributed by atoms with van der Waals surface area (Å²) >= 11 is 1.64. The number of allylic oxidation sites excluding steroid dienone is 8. The molecular weight excluding hydrogens is 543 g/mol. The minimum absolute atomic E-state index is 0.199. The van der Waals surface area contributed by atoms with Crippen LogP contribution >= 0.6 is 11.3 Å². The van der Waals surface area contributed by atoms with Crippen LogP contribution in [0.4, 0.5) is 4.39 Å². The van der Waals surface area contributed by atoms with Gasteiger partial charge >= 0.3 is 0 Å². The molecule has 0 fully saturated rings. The van der Waals surface area contributed by atoms with Gasteiger partial charge in [0.05, 0.1) is 22.8 Å². The first-order chi connectivity index (χ1) is 20.1. The summed E-state index contributed by atoms with van der Waals surface area (Å²) in [7, 11) is 0. The van der Waals surface area contributed by atoms with Crippen molar-refractivity contribution in [3.63, 3.8) is 0 Å². The number of hydrogen-bond donors (Lipinski definition) is 3. The van der Waals surface area contributed by atoms with Crippen molar-refractivity contribution in [1.82, 2.24) is 30.5 Å². The first-order valence-electron chi connectivity index (χ1n) is 13.7. The van der Waals surface area contributed by atoms with Crippen molar-refractivity contribution in [3.8, 4) is 11.5 Å². The van der Waals surface area contributed by atoms with Crippen molar-refractivity contribution in [2.75, 3.05) is 0 Å². The Balaban J connectivity index is 1.77. The number of pyridine rings is 1. The lowest BCUT2D eigenvalue weighted by molar-refractivity contribution is 0.622. The molecule has 0 spiro atoms. The number of hydrogen-bond acceptors (Lipinski definition) is 5. The van der Waals surface area contributed by atoms with Crippen LogP contribution in [0.2, 0.25) is 0 Å². The van der Waals surface area contributed by atoms with Crippen LogP contribution in [0, 0.1) is 18.7 Å². The van der Waals surface area contributed by atoms with Gasteiger partial charge in [0.1, 0.15) is 11.4 Å². The van der Waals surface area contributed by atoms with E-state index in [0.29, 0.717) is 39.6 Å². The van der Waals surface area contributed by atoms with Crippen molar-refractivity contribution in [3.05, 3.63) is 119 Å². The second-order valence-corrected chi connectivity index (χ2v) is 11.6. The standard InChI is InChI=1S/C34H37FN6S/c1-10-13-25(28-15-14-27(42-28)20(6)7)31-22(9)38-34(39-31)33-29-26(40-41-33)18-36-32(30(29)35)23(11-2)17-24(12-3)37-21(8)16-19(4)5/h10-15,17-19,37H,1,3,6,8,16H2,2,4-5,7,9H3,(H,38,39)(H,40,41)/b23-11+,24-17+,25-13-. The van der Waals surface area contributed by atoms with E-state index in [2.05, 4.69) is 71.7 Å². The molecule has 0 bridgehead atoms. The van der Waals surface area contributed by atoms with Gasteiger partial charge in [-0.2, -0.15) is 5.10 Å². The Bertz CT molecular complexity index is 1770. The van der Waals surface area contributed by atoms with E-state index in [-0.39, 0.29) is 5.69 Å².